The zero-order valence-corrected chi connectivity index (χ0v) is 23.8. The number of methoxy groups -OCH3 is 1. The Bertz CT molecular complexity index is 943. The molecular formula is C29H46N2O6. The van der Waals surface area contributed by atoms with Crippen molar-refractivity contribution in [2.45, 2.75) is 84.7 Å². The maximum Gasteiger partial charge on any atom is 0.410 e. The predicted molar refractivity (Wildman–Crippen MR) is 142 cm³/mol. The third-order valence-electron chi connectivity index (χ3n) is 9.27. The molecule has 0 radical (unpaired) electrons. The minimum atomic E-state index is -1.14. The number of nitrogens with two attached hydrogens (primary N) is 1. The highest BCUT2D eigenvalue weighted by molar-refractivity contribution is 6.00. The van der Waals surface area contributed by atoms with Crippen LogP contribution in [-0.4, -0.2) is 66.3 Å². The third-order valence-corrected chi connectivity index (χ3v) is 9.27. The fourth-order valence-corrected chi connectivity index (χ4v) is 6.98. The maximum absolute atomic E-state index is 13.7. The van der Waals surface area contributed by atoms with E-state index in [9.17, 15) is 14.4 Å². The first-order valence-corrected chi connectivity index (χ1v) is 13.6. The third kappa shape index (κ3) is 5.24. The average Bonchev–Trinajstić information content (AvgIpc) is 3.65. The zero-order valence-electron chi connectivity index (χ0n) is 23.8. The van der Waals surface area contributed by atoms with E-state index in [1.807, 2.05) is 34.6 Å². The lowest BCUT2D eigenvalue weighted by Gasteiger charge is -2.45. The molecule has 0 aromatic carbocycles. The van der Waals surface area contributed by atoms with Crippen molar-refractivity contribution >= 4 is 17.8 Å². The van der Waals surface area contributed by atoms with Crippen molar-refractivity contribution in [3.63, 3.8) is 0 Å². The largest absolute Gasteiger partial charge is 0.458 e. The molecule has 0 aromatic rings. The van der Waals surface area contributed by atoms with Crippen LogP contribution in [0.3, 0.4) is 0 Å². The van der Waals surface area contributed by atoms with Gasteiger partial charge in [0.1, 0.15) is 17.8 Å². The zero-order chi connectivity index (χ0) is 27.9. The van der Waals surface area contributed by atoms with E-state index >= 15 is 0 Å². The van der Waals surface area contributed by atoms with Gasteiger partial charge in [0.2, 0.25) is 0 Å². The Hall–Kier alpha value is -2.19. The summed E-state index contributed by atoms with van der Waals surface area (Å²) >= 11 is 0. The number of Topliss-reactive ketones (excluding diaryl/α,β-unsaturated/α-hetero) is 1. The molecule has 37 heavy (non-hydrogen) atoms. The minimum absolute atomic E-state index is 0.0196. The van der Waals surface area contributed by atoms with Gasteiger partial charge >= 0.3 is 12.1 Å². The molecule has 8 nitrogen and oxygen atoms in total. The summed E-state index contributed by atoms with van der Waals surface area (Å²) in [6.45, 7) is 18.5. The van der Waals surface area contributed by atoms with Crippen molar-refractivity contribution in [1.82, 2.24) is 4.90 Å². The van der Waals surface area contributed by atoms with Crippen molar-refractivity contribution in [1.29, 1.82) is 0 Å². The summed E-state index contributed by atoms with van der Waals surface area (Å²) in [4.78, 5) is 41.8. The molecule has 0 saturated carbocycles. The maximum atomic E-state index is 13.7. The van der Waals surface area contributed by atoms with Gasteiger partial charge in [0.05, 0.1) is 11.6 Å². The molecule has 2 fully saturated rings. The molecule has 0 bridgehead atoms. The first kappa shape index (κ1) is 29.4. The number of carbonyl (C=O) groups is 3. The molecule has 1 aliphatic carbocycles. The van der Waals surface area contributed by atoms with Gasteiger partial charge in [-0.15, -0.1) is 0 Å². The van der Waals surface area contributed by atoms with Gasteiger partial charge in [-0.3, -0.25) is 14.5 Å². The van der Waals surface area contributed by atoms with E-state index in [0.29, 0.717) is 19.4 Å². The molecule has 2 heterocycles. The second-order valence-electron chi connectivity index (χ2n) is 11.7. The average molecular weight is 519 g/mol. The summed E-state index contributed by atoms with van der Waals surface area (Å²) in [5.74, 6) is -2.32. The van der Waals surface area contributed by atoms with Crippen LogP contribution in [0.1, 0.15) is 61.3 Å². The smallest absolute Gasteiger partial charge is 0.410 e. The van der Waals surface area contributed by atoms with Crippen molar-refractivity contribution in [2.75, 3.05) is 20.2 Å². The van der Waals surface area contributed by atoms with Crippen molar-refractivity contribution in [3.8, 4) is 0 Å². The molecule has 0 unspecified atom stereocenters. The molecule has 0 spiro atoms. The number of rotatable bonds is 5. The fourth-order valence-electron chi connectivity index (χ4n) is 6.98. The first-order valence-electron chi connectivity index (χ1n) is 13.6. The summed E-state index contributed by atoms with van der Waals surface area (Å²) in [5.41, 5.74) is 5.04. The normalized spacial score (nSPS) is 41.8. The van der Waals surface area contributed by atoms with Crippen LogP contribution in [0.5, 0.6) is 0 Å². The second-order valence-corrected chi connectivity index (χ2v) is 11.7. The van der Waals surface area contributed by atoms with Crippen LogP contribution < -0.4 is 5.73 Å². The quantitative estimate of drug-likeness (QED) is 0.331. The standard InChI is InChI=1S/C29H46N2O6/c1-10-22-29(8)25(31(14-13-30)27(34)37-29)18(4)17(3)16(2)15-28(7,35-9)23(21-11-12-21)19(5)24(32)20(6)26(33)36-22/h11-12,16,18-23,25H,3,10,13-15,30H2,1-2,4-9H3/t16-,18+,19-,20-,22-,23+,25-,28-,29-/m1/s1. The molecule has 208 valence electrons. The SMILES string of the molecule is C=C1[C@H](C)C[C@@](C)(OC)[C@H](C2C=C2)[C@@H](C)C(=O)[C@@H](C)C(=O)O[C@H](CC)[C@@]2(C)OC(=O)N(CCN)[C@@H]2[C@H]1C. The number of ketones is 1. The number of fused-ring (bicyclic) bond motifs is 1. The summed E-state index contributed by atoms with van der Waals surface area (Å²) in [7, 11) is 1.68. The van der Waals surface area contributed by atoms with E-state index in [0.717, 1.165) is 5.57 Å². The Balaban J connectivity index is 2.13. The van der Waals surface area contributed by atoms with E-state index in [-0.39, 0.29) is 36.0 Å². The number of amides is 1. The van der Waals surface area contributed by atoms with E-state index in [1.165, 1.54) is 0 Å². The summed E-state index contributed by atoms with van der Waals surface area (Å²) < 4.78 is 18.1. The van der Waals surface area contributed by atoms with Crippen LogP contribution in [0.15, 0.2) is 24.3 Å². The van der Waals surface area contributed by atoms with E-state index in [2.05, 4.69) is 25.7 Å². The van der Waals surface area contributed by atoms with Crippen LogP contribution in [0.2, 0.25) is 0 Å². The van der Waals surface area contributed by atoms with Crippen molar-refractivity contribution < 1.29 is 28.6 Å². The van der Waals surface area contributed by atoms with Gasteiger partial charge in [0.15, 0.2) is 5.60 Å². The topological polar surface area (TPSA) is 108 Å². The van der Waals surface area contributed by atoms with Crippen LogP contribution >= 0.6 is 0 Å². The van der Waals surface area contributed by atoms with Crippen LogP contribution in [0, 0.1) is 35.5 Å². The Kier molecular flexibility index (Phi) is 8.64. The number of carbonyl (C=O) groups excluding carboxylic acids is 3. The molecule has 8 heteroatoms. The molecule has 3 aliphatic rings. The summed E-state index contributed by atoms with van der Waals surface area (Å²) in [5, 5.41) is 0. The van der Waals surface area contributed by atoms with E-state index in [1.54, 1.807) is 18.9 Å². The highest BCUT2D eigenvalue weighted by atomic mass is 16.6. The second kappa shape index (κ2) is 10.9. The number of hydrogen-bond donors (Lipinski definition) is 1. The Morgan fingerprint density at radius 2 is 1.76 bits per heavy atom. The first-order chi connectivity index (χ1) is 17.3. The predicted octanol–water partition coefficient (Wildman–Crippen LogP) is 4.13. The number of esters is 1. The number of allylic oxidation sites excluding steroid dienone is 2. The molecular weight excluding hydrogens is 472 g/mol. The highest BCUT2D eigenvalue weighted by Crippen LogP contribution is 2.48. The molecule has 9 atom stereocenters. The van der Waals surface area contributed by atoms with Crippen LogP contribution in [-0.2, 0) is 23.8 Å². The van der Waals surface area contributed by atoms with E-state index < -0.39 is 47.2 Å². The van der Waals surface area contributed by atoms with Crippen molar-refractivity contribution in [2.24, 2.45) is 41.2 Å². The molecule has 0 aromatic heterocycles. The van der Waals surface area contributed by atoms with Gasteiger partial charge in [0, 0.05) is 43.9 Å². The fraction of sp³-hybridized carbons (Fsp3) is 0.759. The lowest BCUT2D eigenvalue weighted by molar-refractivity contribution is -0.171. The molecule has 1 amide bonds. The lowest BCUT2D eigenvalue weighted by Crippen LogP contribution is -2.57. The van der Waals surface area contributed by atoms with Gasteiger partial charge in [-0.05, 0) is 39.5 Å². The lowest BCUT2D eigenvalue weighted by atomic mass is 9.67. The van der Waals surface area contributed by atoms with Gasteiger partial charge < -0.3 is 19.9 Å². The summed E-state index contributed by atoms with van der Waals surface area (Å²) in [6.07, 6.45) is 4.02. The number of nitrogens with zero attached hydrogens (tertiary/aromatic N) is 1. The molecule has 2 aliphatic heterocycles. The minimum Gasteiger partial charge on any atom is -0.458 e. The van der Waals surface area contributed by atoms with Gasteiger partial charge in [-0.1, -0.05) is 52.0 Å². The Labute approximate surface area is 221 Å². The van der Waals surface area contributed by atoms with Crippen LogP contribution in [0.25, 0.3) is 0 Å². The van der Waals surface area contributed by atoms with Gasteiger partial charge in [-0.2, -0.15) is 0 Å². The number of ether oxygens (including phenoxy) is 3. The van der Waals surface area contributed by atoms with Crippen molar-refractivity contribution in [3.05, 3.63) is 24.3 Å². The number of cyclic esters (lactones) is 1. The number of hydrogen-bond acceptors (Lipinski definition) is 7. The molecule has 2 N–H and O–H groups in total. The van der Waals surface area contributed by atoms with Gasteiger partial charge in [0.25, 0.3) is 0 Å². The monoisotopic (exact) mass is 518 g/mol. The summed E-state index contributed by atoms with van der Waals surface area (Å²) in [6, 6.07) is -0.446. The van der Waals surface area contributed by atoms with Crippen LogP contribution in [0.4, 0.5) is 4.79 Å². The molecule has 2 saturated heterocycles. The van der Waals surface area contributed by atoms with Gasteiger partial charge in [-0.25, -0.2) is 4.79 Å². The van der Waals surface area contributed by atoms with E-state index in [4.69, 9.17) is 19.9 Å². The Morgan fingerprint density at radius 1 is 1.14 bits per heavy atom. The highest BCUT2D eigenvalue weighted by Gasteiger charge is 2.59. The Morgan fingerprint density at radius 3 is 2.27 bits per heavy atom. The molecule has 3 rings (SSSR count).